The Morgan fingerprint density at radius 3 is 2.71 bits per heavy atom. The molecule has 2 aromatic heterocycles. The van der Waals surface area contributed by atoms with E-state index < -0.39 is 5.97 Å². The van der Waals surface area contributed by atoms with Crippen LogP contribution in [0.1, 0.15) is 36.1 Å². The van der Waals surface area contributed by atoms with E-state index in [1.807, 2.05) is 13.8 Å². The quantitative estimate of drug-likeness (QED) is 0.840. The van der Waals surface area contributed by atoms with Crippen molar-refractivity contribution in [2.24, 2.45) is 0 Å². The number of aromatic amines is 1. The lowest BCUT2D eigenvalue weighted by atomic mass is 10.2. The highest BCUT2D eigenvalue weighted by molar-refractivity contribution is 5.85. The molecular weight excluding hydrogens is 220 g/mol. The zero-order chi connectivity index (χ0) is 12.4. The van der Waals surface area contributed by atoms with Gasteiger partial charge in [-0.05, 0) is 12.1 Å². The molecule has 0 spiro atoms. The number of carboxylic acid groups (broad SMARTS) is 1. The normalized spacial score (nSPS) is 10.8. The van der Waals surface area contributed by atoms with E-state index >= 15 is 0 Å². The van der Waals surface area contributed by atoms with Crippen molar-refractivity contribution in [1.82, 2.24) is 20.2 Å². The Bertz CT molecular complexity index is 548. The lowest BCUT2D eigenvalue weighted by Crippen LogP contribution is -2.01. The molecule has 6 nitrogen and oxygen atoms in total. The number of H-pyrrole nitrogens is 1. The number of nitrogens with one attached hydrogen (secondary N) is 1. The summed E-state index contributed by atoms with van der Waals surface area (Å²) in [6.45, 7) is 3.98. The molecule has 0 aromatic carbocycles. The Morgan fingerprint density at radius 2 is 2.12 bits per heavy atom. The van der Waals surface area contributed by atoms with Gasteiger partial charge in [-0.1, -0.05) is 19.9 Å². The minimum atomic E-state index is -1.06. The standard InChI is InChI=1S/C11H12N4O2/c1-6(2)9-13-10(15-14-9)7-4-3-5-8(12-7)11(16)17/h3-6H,1-2H3,(H,16,17)(H,13,14,15). The van der Waals surface area contributed by atoms with E-state index in [1.165, 1.54) is 6.07 Å². The lowest BCUT2D eigenvalue weighted by Gasteiger charge is -1.97. The monoisotopic (exact) mass is 232 g/mol. The van der Waals surface area contributed by atoms with Crippen molar-refractivity contribution in [1.29, 1.82) is 0 Å². The molecule has 0 saturated heterocycles. The fourth-order valence-electron chi connectivity index (χ4n) is 1.33. The number of aromatic nitrogens is 4. The van der Waals surface area contributed by atoms with Gasteiger partial charge in [-0.15, -0.1) is 0 Å². The van der Waals surface area contributed by atoms with Crippen molar-refractivity contribution in [2.75, 3.05) is 0 Å². The van der Waals surface area contributed by atoms with Crippen LogP contribution in [0, 0.1) is 0 Å². The molecule has 0 unspecified atom stereocenters. The number of rotatable bonds is 3. The zero-order valence-corrected chi connectivity index (χ0v) is 9.51. The van der Waals surface area contributed by atoms with Gasteiger partial charge in [-0.2, -0.15) is 5.10 Å². The summed E-state index contributed by atoms with van der Waals surface area (Å²) in [6.07, 6.45) is 0. The molecule has 2 N–H and O–H groups in total. The SMILES string of the molecule is CC(C)c1nc(-c2cccc(C(=O)O)n2)n[nH]1. The number of carbonyl (C=O) groups is 1. The molecule has 6 heteroatoms. The van der Waals surface area contributed by atoms with Crippen LogP contribution < -0.4 is 0 Å². The number of nitrogens with zero attached hydrogens (tertiary/aromatic N) is 3. The summed E-state index contributed by atoms with van der Waals surface area (Å²) in [6, 6.07) is 4.73. The third-order valence-corrected chi connectivity index (χ3v) is 2.25. The van der Waals surface area contributed by atoms with Crippen LogP contribution in [-0.2, 0) is 0 Å². The maximum absolute atomic E-state index is 10.8. The van der Waals surface area contributed by atoms with Crippen molar-refractivity contribution in [3.8, 4) is 11.5 Å². The van der Waals surface area contributed by atoms with Gasteiger partial charge in [0.1, 0.15) is 17.2 Å². The van der Waals surface area contributed by atoms with E-state index in [0.29, 0.717) is 11.5 Å². The molecule has 2 aromatic rings. The highest BCUT2D eigenvalue weighted by Gasteiger charge is 2.11. The molecule has 0 saturated carbocycles. The summed E-state index contributed by atoms with van der Waals surface area (Å²) in [5, 5.41) is 15.7. The van der Waals surface area contributed by atoms with Crippen molar-refractivity contribution in [3.63, 3.8) is 0 Å². The second-order valence-electron chi connectivity index (χ2n) is 3.91. The van der Waals surface area contributed by atoms with Gasteiger partial charge in [0.25, 0.3) is 0 Å². The van der Waals surface area contributed by atoms with E-state index in [9.17, 15) is 4.79 Å². The number of pyridine rings is 1. The topological polar surface area (TPSA) is 91.8 Å². The van der Waals surface area contributed by atoms with Crippen LogP contribution in [0.3, 0.4) is 0 Å². The van der Waals surface area contributed by atoms with Crippen LogP contribution in [0.15, 0.2) is 18.2 Å². The molecule has 0 amide bonds. The molecule has 88 valence electrons. The smallest absolute Gasteiger partial charge is 0.354 e. The number of carboxylic acids is 1. The van der Waals surface area contributed by atoms with E-state index in [-0.39, 0.29) is 11.6 Å². The van der Waals surface area contributed by atoms with Gasteiger partial charge in [-0.25, -0.2) is 14.8 Å². The van der Waals surface area contributed by atoms with E-state index in [4.69, 9.17) is 5.11 Å². The van der Waals surface area contributed by atoms with Gasteiger partial charge in [0.2, 0.25) is 0 Å². The van der Waals surface area contributed by atoms with Gasteiger partial charge < -0.3 is 5.11 Å². The Kier molecular flexibility index (Phi) is 2.86. The fraction of sp³-hybridized carbons (Fsp3) is 0.273. The van der Waals surface area contributed by atoms with Crippen LogP contribution in [0.25, 0.3) is 11.5 Å². The van der Waals surface area contributed by atoms with Crippen LogP contribution in [0.5, 0.6) is 0 Å². The molecule has 17 heavy (non-hydrogen) atoms. The first-order chi connectivity index (χ1) is 8.08. The minimum absolute atomic E-state index is 0.0154. The van der Waals surface area contributed by atoms with Crippen molar-refractivity contribution >= 4 is 5.97 Å². The number of aromatic carboxylic acids is 1. The number of hydrogen-bond donors (Lipinski definition) is 2. The Hall–Kier alpha value is -2.24. The van der Waals surface area contributed by atoms with Crippen LogP contribution >= 0.6 is 0 Å². The first kappa shape index (κ1) is 11.3. The van der Waals surface area contributed by atoms with E-state index in [1.54, 1.807) is 12.1 Å². The molecule has 2 rings (SSSR count). The molecule has 2 heterocycles. The maximum atomic E-state index is 10.8. The molecule has 0 aliphatic rings. The molecule has 0 aliphatic carbocycles. The Balaban J connectivity index is 2.38. The Morgan fingerprint density at radius 1 is 1.35 bits per heavy atom. The molecular formula is C11H12N4O2. The minimum Gasteiger partial charge on any atom is -0.477 e. The molecule has 0 bridgehead atoms. The predicted molar refractivity (Wildman–Crippen MR) is 60.7 cm³/mol. The summed E-state index contributed by atoms with van der Waals surface area (Å²) >= 11 is 0. The first-order valence-electron chi connectivity index (χ1n) is 5.21. The summed E-state index contributed by atoms with van der Waals surface area (Å²) in [5.41, 5.74) is 0.437. The average Bonchev–Trinajstić information content (AvgIpc) is 2.78. The molecule has 0 radical (unpaired) electrons. The first-order valence-corrected chi connectivity index (χ1v) is 5.21. The van der Waals surface area contributed by atoms with Crippen molar-refractivity contribution in [3.05, 3.63) is 29.7 Å². The van der Waals surface area contributed by atoms with Gasteiger partial charge in [0.15, 0.2) is 5.82 Å². The largest absolute Gasteiger partial charge is 0.477 e. The molecule has 0 fully saturated rings. The van der Waals surface area contributed by atoms with Gasteiger partial charge in [0.05, 0.1) is 0 Å². The predicted octanol–water partition coefficient (Wildman–Crippen LogP) is 1.69. The van der Waals surface area contributed by atoms with Gasteiger partial charge in [-0.3, -0.25) is 5.10 Å². The van der Waals surface area contributed by atoms with E-state index in [2.05, 4.69) is 20.2 Å². The third-order valence-electron chi connectivity index (χ3n) is 2.25. The number of hydrogen-bond acceptors (Lipinski definition) is 4. The molecule has 0 aliphatic heterocycles. The highest BCUT2D eigenvalue weighted by atomic mass is 16.4. The zero-order valence-electron chi connectivity index (χ0n) is 9.51. The van der Waals surface area contributed by atoms with Gasteiger partial charge in [0, 0.05) is 5.92 Å². The third kappa shape index (κ3) is 2.30. The summed E-state index contributed by atoms with van der Waals surface area (Å²) < 4.78 is 0. The second-order valence-corrected chi connectivity index (χ2v) is 3.91. The van der Waals surface area contributed by atoms with Crippen molar-refractivity contribution in [2.45, 2.75) is 19.8 Å². The van der Waals surface area contributed by atoms with Crippen LogP contribution in [0.2, 0.25) is 0 Å². The molecule has 0 atom stereocenters. The Labute approximate surface area is 97.7 Å². The summed E-state index contributed by atoms with van der Waals surface area (Å²) in [7, 11) is 0. The summed E-state index contributed by atoms with van der Waals surface area (Å²) in [5.74, 6) is 0.338. The summed E-state index contributed by atoms with van der Waals surface area (Å²) in [4.78, 5) is 19.0. The maximum Gasteiger partial charge on any atom is 0.354 e. The average molecular weight is 232 g/mol. The van der Waals surface area contributed by atoms with Crippen LogP contribution in [0.4, 0.5) is 0 Å². The van der Waals surface area contributed by atoms with Gasteiger partial charge >= 0.3 is 5.97 Å². The van der Waals surface area contributed by atoms with Crippen molar-refractivity contribution < 1.29 is 9.90 Å². The fourth-order valence-corrected chi connectivity index (χ4v) is 1.33. The lowest BCUT2D eigenvalue weighted by molar-refractivity contribution is 0.0690. The highest BCUT2D eigenvalue weighted by Crippen LogP contribution is 2.15. The van der Waals surface area contributed by atoms with Crippen LogP contribution in [-0.4, -0.2) is 31.2 Å². The second kappa shape index (κ2) is 4.32. The van der Waals surface area contributed by atoms with E-state index in [0.717, 1.165) is 5.82 Å².